The van der Waals surface area contributed by atoms with E-state index in [1.807, 2.05) is 42.5 Å². The predicted octanol–water partition coefficient (Wildman–Crippen LogP) is 0.980. The highest BCUT2D eigenvalue weighted by Crippen LogP contribution is 2.17. The van der Waals surface area contributed by atoms with Crippen LogP contribution in [0, 0.1) is 0 Å². The Balaban J connectivity index is 1.36. The number of rotatable bonds is 4. The van der Waals surface area contributed by atoms with Crippen molar-refractivity contribution in [1.82, 2.24) is 24.7 Å². The summed E-state index contributed by atoms with van der Waals surface area (Å²) in [6.07, 6.45) is 1.18. The lowest BCUT2D eigenvalue weighted by molar-refractivity contribution is 0.109. The second-order valence-corrected chi connectivity index (χ2v) is 6.04. The van der Waals surface area contributed by atoms with Crippen molar-refractivity contribution in [3.8, 4) is 0 Å². The van der Waals surface area contributed by atoms with Gasteiger partial charge in [0.1, 0.15) is 12.1 Å². The van der Waals surface area contributed by atoms with E-state index < -0.39 is 6.10 Å². The van der Waals surface area contributed by atoms with E-state index in [9.17, 15) is 5.11 Å². The minimum Gasteiger partial charge on any atom is -0.387 e. The molecule has 0 aliphatic carbocycles. The van der Waals surface area contributed by atoms with E-state index >= 15 is 0 Å². The van der Waals surface area contributed by atoms with Crippen LogP contribution in [0.1, 0.15) is 11.7 Å². The van der Waals surface area contributed by atoms with Crippen molar-refractivity contribution in [3.63, 3.8) is 0 Å². The summed E-state index contributed by atoms with van der Waals surface area (Å²) in [6.45, 7) is 4.26. The molecule has 0 saturated carbocycles. The third kappa shape index (κ3) is 3.08. The monoisotopic (exact) mass is 324 g/mol. The number of hydrogen-bond acceptors (Lipinski definition) is 6. The first kappa shape index (κ1) is 15.0. The zero-order chi connectivity index (χ0) is 16.4. The third-order valence-electron chi connectivity index (χ3n) is 4.46. The summed E-state index contributed by atoms with van der Waals surface area (Å²) >= 11 is 0. The molecule has 7 heteroatoms. The number of aliphatic hydroxyl groups excluding tert-OH is 1. The molecule has 1 aromatic carbocycles. The zero-order valence-electron chi connectivity index (χ0n) is 13.4. The number of hydrogen-bond donors (Lipinski definition) is 1. The van der Waals surface area contributed by atoms with Gasteiger partial charge in [0, 0.05) is 32.7 Å². The normalized spacial score (nSPS) is 17.3. The Labute approximate surface area is 140 Å². The van der Waals surface area contributed by atoms with E-state index in [0.717, 1.165) is 43.2 Å². The van der Waals surface area contributed by atoms with Crippen molar-refractivity contribution in [3.05, 3.63) is 54.4 Å². The molecule has 24 heavy (non-hydrogen) atoms. The van der Waals surface area contributed by atoms with Crippen LogP contribution in [0.25, 0.3) is 5.65 Å². The van der Waals surface area contributed by atoms with Crippen molar-refractivity contribution in [2.75, 3.05) is 37.6 Å². The van der Waals surface area contributed by atoms with Crippen LogP contribution >= 0.6 is 0 Å². The van der Waals surface area contributed by atoms with E-state index in [0.29, 0.717) is 6.54 Å². The lowest BCUT2D eigenvalue weighted by Gasteiger charge is -2.36. The summed E-state index contributed by atoms with van der Waals surface area (Å²) in [6, 6.07) is 13.7. The fourth-order valence-corrected chi connectivity index (χ4v) is 3.07. The van der Waals surface area contributed by atoms with E-state index in [4.69, 9.17) is 0 Å². The first-order chi connectivity index (χ1) is 11.8. The molecule has 1 N–H and O–H groups in total. The van der Waals surface area contributed by atoms with Crippen molar-refractivity contribution in [2.45, 2.75) is 6.10 Å². The predicted molar refractivity (Wildman–Crippen MR) is 90.8 cm³/mol. The van der Waals surface area contributed by atoms with Crippen molar-refractivity contribution in [2.24, 2.45) is 0 Å². The molecule has 1 aliphatic rings. The van der Waals surface area contributed by atoms with Gasteiger partial charge >= 0.3 is 0 Å². The van der Waals surface area contributed by atoms with Crippen LogP contribution in [0.2, 0.25) is 0 Å². The van der Waals surface area contributed by atoms with Gasteiger partial charge in [0.2, 0.25) is 0 Å². The van der Waals surface area contributed by atoms with Crippen LogP contribution < -0.4 is 4.90 Å². The van der Waals surface area contributed by atoms with Gasteiger partial charge in [-0.15, -0.1) is 15.3 Å². The van der Waals surface area contributed by atoms with Crippen molar-refractivity contribution >= 4 is 11.5 Å². The molecule has 1 unspecified atom stereocenters. The summed E-state index contributed by atoms with van der Waals surface area (Å²) in [7, 11) is 0. The first-order valence-electron chi connectivity index (χ1n) is 8.17. The number of nitrogens with zero attached hydrogens (tertiary/aromatic N) is 6. The summed E-state index contributed by atoms with van der Waals surface area (Å²) < 4.78 is 1.70. The minimum absolute atomic E-state index is 0.441. The number of aliphatic hydroxyl groups is 1. The largest absolute Gasteiger partial charge is 0.387 e. The first-order valence-corrected chi connectivity index (χ1v) is 8.17. The van der Waals surface area contributed by atoms with Crippen LogP contribution in [0.3, 0.4) is 0 Å². The third-order valence-corrected chi connectivity index (χ3v) is 4.46. The van der Waals surface area contributed by atoms with Crippen LogP contribution in [0.15, 0.2) is 48.8 Å². The van der Waals surface area contributed by atoms with E-state index in [2.05, 4.69) is 25.1 Å². The highest BCUT2D eigenvalue weighted by molar-refractivity contribution is 5.45. The summed E-state index contributed by atoms with van der Waals surface area (Å²) in [5.74, 6) is 0.936. The number of piperazine rings is 1. The standard InChI is InChI=1S/C17H20N6O/c24-15(14-4-2-1-3-5-14)12-21-8-10-22(11-9-21)17-7-6-16-19-18-13-23(16)20-17/h1-7,13,15,24H,8-12H2. The molecule has 0 bridgehead atoms. The molecule has 2 aromatic heterocycles. The van der Waals surface area contributed by atoms with Crippen LogP contribution in [-0.4, -0.2) is 62.5 Å². The fourth-order valence-electron chi connectivity index (χ4n) is 3.07. The van der Waals surface area contributed by atoms with Crippen LogP contribution in [-0.2, 0) is 0 Å². The van der Waals surface area contributed by atoms with Gasteiger partial charge in [0.05, 0.1) is 6.10 Å². The maximum atomic E-state index is 10.4. The lowest BCUT2D eigenvalue weighted by Crippen LogP contribution is -2.47. The fraction of sp³-hybridized carbons (Fsp3) is 0.353. The molecule has 0 radical (unpaired) electrons. The Morgan fingerprint density at radius 2 is 1.79 bits per heavy atom. The molecule has 0 amide bonds. The lowest BCUT2D eigenvalue weighted by atomic mass is 10.1. The zero-order valence-corrected chi connectivity index (χ0v) is 13.4. The Bertz CT molecular complexity index is 797. The highest BCUT2D eigenvalue weighted by Gasteiger charge is 2.21. The molecule has 1 aliphatic heterocycles. The molecule has 4 rings (SSSR count). The van der Waals surface area contributed by atoms with Crippen LogP contribution in [0.4, 0.5) is 5.82 Å². The number of anilines is 1. The maximum absolute atomic E-state index is 10.4. The Morgan fingerprint density at radius 3 is 2.58 bits per heavy atom. The number of aromatic nitrogens is 4. The number of β-amino-alcohol motifs (C(OH)–C–C–N with tert-alkyl or cyclic N) is 1. The highest BCUT2D eigenvalue weighted by atomic mass is 16.3. The molecule has 1 fully saturated rings. The molecule has 3 heterocycles. The Hall–Kier alpha value is -2.51. The molecular weight excluding hydrogens is 304 g/mol. The van der Waals surface area contributed by atoms with Crippen molar-refractivity contribution < 1.29 is 5.11 Å². The van der Waals surface area contributed by atoms with Gasteiger partial charge in [0.25, 0.3) is 0 Å². The smallest absolute Gasteiger partial charge is 0.177 e. The summed E-state index contributed by atoms with van der Waals surface area (Å²) in [5.41, 5.74) is 1.73. The molecule has 124 valence electrons. The van der Waals surface area contributed by atoms with Gasteiger partial charge in [-0.05, 0) is 17.7 Å². The topological polar surface area (TPSA) is 69.8 Å². The van der Waals surface area contributed by atoms with Gasteiger partial charge in [-0.25, -0.2) is 0 Å². The molecule has 3 aromatic rings. The summed E-state index contributed by atoms with van der Waals surface area (Å²) in [5, 5.41) is 22.7. The van der Waals surface area contributed by atoms with Gasteiger partial charge in [0.15, 0.2) is 5.65 Å². The van der Waals surface area contributed by atoms with Crippen LogP contribution in [0.5, 0.6) is 0 Å². The molecule has 0 spiro atoms. The number of benzene rings is 1. The molecule has 1 atom stereocenters. The Kier molecular flexibility index (Phi) is 4.10. The van der Waals surface area contributed by atoms with Gasteiger partial charge in [-0.1, -0.05) is 30.3 Å². The number of fused-ring (bicyclic) bond motifs is 1. The molecule has 7 nitrogen and oxygen atoms in total. The average Bonchev–Trinajstić information content (AvgIpc) is 3.11. The average molecular weight is 324 g/mol. The van der Waals surface area contributed by atoms with E-state index in [-0.39, 0.29) is 0 Å². The van der Waals surface area contributed by atoms with Crippen molar-refractivity contribution in [1.29, 1.82) is 0 Å². The minimum atomic E-state index is -0.441. The van der Waals surface area contributed by atoms with Gasteiger partial charge < -0.3 is 10.0 Å². The molecular formula is C17H20N6O. The van der Waals surface area contributed by atoms with E-state index in [1.165, 1.54) is 0 Å². The SMILES string of the molecule is OC(CN1CCN(c2ccc3nncn3n2)CC1)c1ccccc1. The summed E-state index contributed by atoms with van der Waals surface area (Å²) in [4.78, 5) is 4.55. The molecule has 1 saturated heterocycles. The second-order valence-electron chi connectivity index (χ2n) is 6.04. The van der Waals surface area contributed by atoms with Gasteiger partial charge in [-0.3, -0.25) is 4.90 Å². The quantitative estimate of drug-likeness (QED) is 0.771. The Morgan fingerprint density at radius 1 is 1.00 bits per heavy atom. The van der Waals surface area contributed by atoms with E-state index in [1.54, 1.807) is 10.8 Å². The van der Waals surface area contributed by atoms with Gasteiger partial charge in [-0.2, -0.15) is 4.52 Å². The second kappa shape index (κ2) is 6.54. The maximum Gasteiger partial charge on any atom is 0.177 e.